The van der Waals surface area contributed by atoms with Gasteiger partial charge in [-0.25, -0.2) is 0 Å². The van der Waals surface area contributed by atoms with Crippen LogP contribution in [0.15, 0.2) is 0 Å². The molecule has 0 N–H and O–H groups in total. The molecule has 0 aromatic carbocycles. The molecule has 5 rings (SSSR count). The molecule has 0 bridgehead atoms. The predicted molar refractivity (Wildman–Crippen MR) is 135 cm³/mol. The lowest BCUT2D eigenvalue weighted by Crippen LogP contribution is -2.66. The average Bonchev–Trinajstić information content (AvgIpc) is 2.81. The van der Waals surface area contributed by atoms with Gasteiger partial charge < -0.3 is 0 Å². The Labute approximate surface area is 203 Å². The summed E-state index contributed by atoms with van der Waals surface area (Å²) in [6, 6.07) is 0. The van der Waals surface area contributed by atoms with E-state index >= 15 is 0 Å². The molecule has 0 radical (unpaired) electrons. The van der Waals surface area contributed by atoms with Crippen LogP contribution < -0.4 is 0 Å². The average molecular weight is 468 g/mol. The molecule has 0 nitrogen and oxygen atoms in total. The summed E-state index contributed by atoms with van der Waals surface area (Å²) < 4.78 is -0.448. The van der Waals surface area contributed by atoms with Crippen LogP contribution in [0.4, 0.5) is 0 Å². The molecule has 0 aromatic rings. The molecule has 0 aromatic heterocycles. The third-order valence-electron chi connectivity index (χ3n) is 11.8. The third-order valence-corrected chi connectivity index (χ3v) is 13.4. The summed E-state index contributed by atoms with van der Waals surface area (Å²) in [4.78, 5) is 0. The third kappa shape index (κ3) is 4.05. The second-order valence-electron chi connectivity index (χ2n) is 13.2. The normalized spacial score (nSPS) is 50.3. The topological polar surface area (TPSA) is 0 Å². The van der Waals surface area contributed by atoms with Gasteiger partial charge in [-0.15, -0.1) is 23.2 Å². The molecule has 5 fully saturated rings. The van der Waals surface area contributed by atoms with Crippen molar-refractivity contribution in [3.05, 3.63) is 0 Å². The van der Waals surface area contributed by atoms with Gasteiger partial charge in [0, 0.05) is 10.8 Å². The zero-order valence-electron chi connectivity index (χ0n) is 20.4. The van der Waals surface area contributed by atoms with Gasteiger partial charge in [0.25, 0.3) is 0 Å². The molecule has 31 heavy (non-hydrogen) atoms. The van der Waals surface area contributed by atoms with Crippen molar-refractivity contribution in [2.75, 3.05) is 0 Å². The van der Waals surface area contributed by atoms with Gasteiger partial charge in [-0.2, -0.15) is 0 Å². The van der Waals surface area contributed by atoms with Crippen molar-refractivity contribution < 1.29 is 0 Å². The molecule has 0 atom stereocenters. The standard InChI is InChI=1S/C29H48Cl2/c1-3-22-6-10-24(11-7-22)26-14-18-28(19-15-26)20-27(29(28,30)31)16-12-25(13-17-27)23-8-4-21(2)5-9-23/h21-26H,3-20H2,1-2H3. The van der Waals surface area contributed by atoms with E-state index in [2.05, 4.69) is 13.8 Å². The summed E-state index contributed by atoms with van der Waals surface area (Å²) in [5.74, 6) is 5.92. The Morgan fingerprint density at radius 3 is 1.35 bits per heavy atom. The monoisotopic (exact) mass is 466 g/mol. The molecule has 2 heteroatoms. The van der Waals surface area contributed by atoms with Crippen LogP contribution in [0.2, 0.25) is 0 Å². The summed E-state index contributed by atoms with van der Waals surface area (Å²) in [6.45, 7) is 4.82. The Hall–Kier alpha value is 0.580. The maximum atomic E-state index is 7.37. The minimum Gasteiger partial charge on any atom is -0.100 e. The molecule has 0 heterocycles. The van der Waals surface area contributed by atoms with E-state index in [1.54, 1.807) is 0 Å². The fraction of sp³-hybridized carbons (Fsp3) is 1.00. The van der Waals surface area contributed by atoms with Gasteiger partial charge in [-0.05, 0) is 119 Å². The highest BCUT2D eigenvalue weighted by Crippen LogP contribution is 2.77. The van der Waals surface area contributed by atoms with E-state index in [0.717, 1.165) is 35.5 Å². The van der Waals surface area contributed by atoms with Gasteiger partial charge in [-0.1, -0.05) is 46.0 Å². The van der Waals surface area contributed by atoms with E-state index in [0.29, 0.717) is 0 Å². The second-order valence-corrected chi connectivity index (χ2v) is 14.5. The van der Waals surface area contributed by atoms with E-state index in [9.17, 15) is 0 Å². The smallest absolute Gasteiger partial charge is 0.100 e. The van der Waals surface area contributed by atoms with Gasteiger partial charge >= 0.3 is 0 Å². The van der Waals surface area contributed by atoms with Crippen LogP contribution in [0, 0.1) is 46.3 Å². The zero-order chi connectivity index (χ0) is 21.7. The zero-order valence-corrected chi connectivity index (χ0v) is 22.0. The van der Waals surface area contributed by atoms with Crippen LogP contribution in [0.25, 0.3) is 0 Å². The van der Waals surface area contributed by atoms with E-state index in [1.165, 1.54) is 116 Å². The van der Waals surface area contributed by atoms with Gasteiger partial charge in [0.1, 0.15) is 4.33 Å². The Balaban J connectivity index is 1.14. The first kappa shape index (κ1) is 23.3. The quantitative estimate of drug-likeness (QED) is 0.362. The maximum Gasteiger partial charge on any atom is 0.129 e. The molecular formula is C29H48Cl2. The van der Waals surface area contributed by atoms with Crippen molar-refractivity contribution in [2.45, 2.75) is 134 Å². The van der Waals surface area contributed by atoms with Crippen molar-refractivity contribution >= 4 is 23.2 Å². The lowest BCUT2D eigenvalue weighted by Gasteiger charge is -2.69. The number of rotatable bonds is 3. The molecule has 5 saturated carbocycles. The lowest BCUT2D eigenvalue weighted by atomic mass is 9.42. The number of hydrogen-bond donors (Lipinski definition) is 0. The van der Waals surface area contributed by atoms with Crippen molar-refractivity contribution in [3.8, 4) is 0 Å². The van der Waals surface area contributed by atoms with Gasteiger partial charge in [0.05, 0.1) is 0 Å². The van der Waals surface area contributed by atoms with Gasteiger partial charge in [0.2, 0.25) is 0 Å². The summed E-state index contributed by atoms with van der Waals surface area (Å²) in [5.41, 5.74) is 0.501. The van der Waals surface area contributed by atoms with Crippen LogP contribution in [0.5, 0.6) is 0 Å². The fourth-order valence-electron chi connectivity index (χ4n) is 9.46. The van der Waals surface area contributed by atoms with E-state index < -0.39 is 4.33 Å². The molecule has 5 aliphatic rings. The van der Waals surface area contributed by atoms with E-state index in [4.69, 9.17) is 23.2 Å². The fourth-order valence-corrected chi connectivity index (χ4v) is 10.5. The molecular weight excluding hydrogens is 419 g/mol. The van der Waals surface area contributed by atoms with Gasteiger partial charge in [-0.3, -0.25) is 0 Å². The first-order valence-corrected chi connectivity index (χ1v) is 15.0. The first-order valence-electron chi connectivity index (χ1n) is 14.3. The molecule has 0 amide bonds. The molecule has 2 spiro atoms. The van der Waals surface area contributed by atoms with Crippen molar-refractivity contribution in [1.82, 2.24) is 0 Å². The van der Waals surface area contributed by atoms with E-state index in [1.807, 2.05) is 0 Å². The lowest BCUT2D eigenvalue weighted by molar-refractivity contribution is -0.122. The predicted octanol–water partition coefficient (Wildman–Crippen LogP) is 9.96. The minimum absolute atomic E-state index is 0.250. The molecule has 178 valence electrons. The Morgan fingerprint density at radius 2 is 0.968 bits per heavy atom. The van der Waals surface area contributed by atoms with Crippen LogP contribution in [-0.2, 0) is 0 Å². The molecule has 0 unspecified atom stereocenters. The Morgan fingerprint density at radius 1 is 0.581 bits per heavy atom. The summed E-state index contributed by atoms with van der Waals surface area (Å²) in [7, 11) is 0. The first-order chi connectivity index (χ1) is 14.9. The van der Waals surface area contributed by atoms with Crippen LogP contribution in [-0.4, -0.2) is 4.33 Å². The summed E-state index contributed by atoms with van der Waals surface area (Å²) in [5, 5.41) is 0. The van der Waals surface area contributed by atoms with Crippen LogP contribution in [0.3, 0.4) is 0 Å². The second kappa shape index (κ2) is 8.98. The number of alkyl halides is 2. The molecule has 0 saturated heterocycles. The van der Waals surface area contributed by atoms with Crippen molar-refractivity contribution in [3.63, 3.8) is 0 Å². The van der Waals surface area contributed by atoms with E-state index in [-0.39, 0.29) is 10.8 Å². The van der Waals surface area contributed by atoms with Gasteiger partial charge in [0.15, 0.2) is 0 Å². The van der Waals surface area contributed by atoms with Crippen LogP contribution in [0.1, 0.15) is 129 Å². The maximum absolute atomic E-state index is 7.37. The minimum atomic E-state index is -0.448. The molecule has 0 aliphatic heterocycles. The largest absolute Gasteiger partial charge is 0.129 e. The Kier molecular flexibility index (Phi) is 6.76. The van der Waals surface area contributed by atoms with Crippen molar-refractivity contribution in [2.24, 2.45) is 46.3 Å². The van der Waals surface area contributed by atoms with Crippen LogP contribution >= 0.6 is 23.2 Å². The number of halogens is 2. The summed E-state index contributed by atoms with van der Waals surface area (Å²) in [6.07, 6.45) is 25.4. The number of hydrogen-bond acceptors (Lipinski definition) is 0. The SMILES string of the molecule is CCC1CCC(C2CCC3(CC2)CC2(CCC(C4CCC(C)CC4)CC2)C3(Cl)Cl)CC1. The highest BCUT2D eigenvalue weighted by atomic mass is 35.5. The molecule has 5 aliphatic carbocycles. The Bertz CT molecular complexity index is 592. The summed E-state index contributed by atoms with van der Waals surface area (Å²) >= 11 is 14.7. The highest BCUT2D eigenvalue weighted by Gasteiger charge is 2.72. The highest BCUT2D eigenvalue weighted by molar-refractivity contribution is 6.50. The van der Waals surface area contributed by atoms with Crippen molar-refractivity contribution in [1.29, 1.82) is 0 Å².